The van der Waals surface area contributed by atoms with Crippen LogP contribution in [0.1, 0.15) is 25.3 Å². The van der Waals surface area contributed by atoms with Gasteiger partial charge in [-0.15, -0.1) is 0 Å². The molecule has 2 saturated heterocycles. The van der Waals surface area contributed by atoms with Gasteiger partial charge in [-0.25, -0.2) is 0 Å². The maximum Gasteiger partial charge on any atom is 0.236 e. The van der Waals surface area contributed by atoms with Crippen LogP contribution >= 0.6 is 0 Å². The molecular formula is C22H35N3O4. The van der Waals surface area contributed by atoms with Crippen LogP contribution in [0.15, 0.2) is 12.1 Å². The molecule has 0 atom stereocenters. The maximum absolute atomic E-state index is 12.6. The highest BCUT2D eigenvalue weighted by Crippen LogP contribution is 2.40. The Morgan fingerprint density at radius 1 is 0.897 bits per heavy atom. The summed E-state index contributed by atoms with van der Waals surface area (Å²) in [5, 5.41) is 0. The van der Waals surface area contributed by atoms with E-state index in [-0.39, 0.29) is 5.91 Å². The second-order valence-electron chi connectivity index (χ2n) is 8.11. The number of hydrogen-bond acceptors (Lipinski definition) is 6. The quantitative estimate of drug-likeness (QED) is 0.692. The Balaban J connectivity index is 1.52. The lowest BCUT2D eigenvalue weighted by molar-refractivity contribution is -0.134. The van der Waals surface area contributed by atoms with Gasteiger partial charge >= 0.3 is 0 Å². The Morgan fingerprint density at radius 3 is 2.10 bits per heavy atom. The van der Waals surface area contributed by atoms with E-state index in [1.165, 1.54) is 0 Å². The van der Waals surface area contributed by atoms with Gasteiger partial charge in [0.05, 0.1) is 27.9 Å². The van der Waals surface area contributed by atoms with Crippen molar-refractivity contribution >= 4 is 5.91 Å². The monoisotopic (exact) mass is 405 g/mol. The van der Waals surface area contributed by atoms with E-state index in [9.17, 15) is 4.79 Å². The minimum atomic E-state index is 0.284. The van der Waals surface area contributed by atoms with Crippen LogP contribution in [0.25, 0.3) is 0 Å². The summed E-state index contributed by atoms with van der Waals surface area (Å²) in [6, 6.07) is 3.96. The molecule has 0 aromatic heterocycles. The highest BCUT2D eigenvalue weighted by atomic mass is 16.5. The fraction of sp³-hybridized carbons (Fsp3) is 0.682. The fourth-order valence-corrected chi connectivity index (χ4v) is 4.18. The lowest BCUT2D eigenvalue weighted by Gasteiger charge is -2.36. The Morgan fingerprint density at radius 2 is 1.52 bits per heavy atom. The number of methoxy groups -OCH3 is 3. The highest BCUT2D eigenvalue weighted by molar-refractivity contribution is 5.78. The molecule has 0 aliphatic carbocycles. The maximum atomic E-state index is 12.6. The van der Waals surface area contributed by atoms with Crippen molar-refractivity contribution in [3.8, 4) is 17.2 Å². The first-order valence-corrected chi connectivity index (χ1v) is 10.6. The number of carbonyl (C=O) groups excluding carboxylic acids is 1. The molecule has 29 heavy (non-hydrogen) atoms. The van der Waals surface area contributed by atoms with Crippen molar-refractivity contribution in [1.82, 2.24) is 14.7 Å². The van der Waals surface area contributed by atoms with Gasteiger partial charge in [-0.05, 0) is 24.8 Å². The first kappa shape index (κ1) is 21.7. The van der Waals surface area contributed by atoms with E-state index in [0.717, 1.165) is 75.9 Å². The summed E-state index contributed by atoms with van der Waals surface area (Å²) in [5.41, 5.74) is 1.08. The fourth-order valence-electron chi connectivity index (χ4n) is 4.18. The molecule has 1 amide bonds. The van der Waals surface area contributed by atoms with Gasteiger partial charge in [-0.1, -0.05) is 13.0 Å². The first-order chi connectivity index (χ1) is 14.0. The number of benzene rings is 1. The predicted octanol–water partition coefficient (Wildman–Crippen LogP) is 2.09. The summed E-state index contributed by atoms with van der Waals surface area (Å²) in [5.74, 6) is 3.06. The molecule has 7 heteroatoms. The molecule has 162 valence electrons. The van der Waals surface area contributed by atoms with Crippen LogP contribution in [0.2, 0.25) is 0 Å². The number of amides is 1. The molecule has 2 fully saturated rings. The summed E-state index contributed by atoms with van der Waals surface area (Å²) in [6.45, 7) is 9.12. The summed E-state index contributed by atoms with van der Waals surface area (Å²) in [6.07, 6.45) is 2.26. The van der Waals surface area contributed by atoms with Gasteiger partial charge in [0.15, 0.2) is 11.5 Å². The summed E-state index contributed by atoms with van der Waals surface area (Å²) < 4.78 is 16.5. The second kappa shape index (κ2) is 10.2. The molecule has 0 radical (unpaired) electrons. The van der Waals surface area contributed by atoms with Crippen LogP contribution in [0, 0.1) is 5.92 Å². The van der Waals surface area contributed by atoms with Gasteiger partial charge in [0.2, 0.25) is 11.7 Å². The predicted molar refractivity (Wildman–Crippen MR) is 113 cm³/mol. The van der Waals surface area contributed by atoms with Crippen molar-refractivity contribution in [2.75, 3.05) is 67.1 Å². The minimum Gasteiger partial charge on any atom is -0.493 e. The molecule has 0 spiro atoms. The normalized spacial score (nSPS) is 19.2. The van der Waals surface area contributed by atoms with Crippen molar-refractivity contribution < 1.29 is 19.0 Å². The van der Waals surface area contributed by atoms with E-state index in [1.54, 1.807) is 21.3 Å². The molecular weight excluding hydrogens is 370 g/mol. The average molecular weight is 406 g/mol. The van der Waals surface area contributed by atoms with Crippen LogP contribution in [-0.4, -0.2) is 87.7 Å². The molecule has 1 aromatic rings. The average Bonchev–Trinajstić information content (AvgIpc) is 2.75. The largest absolute Gasteiger partial charge is 0.493 e. The van der Waals surface area contributed by atoms with Gasteiger partial charge in [0.1, 0.15) is 0 Å². The second-order valence-corrected chi connectivity index (χ2v) is 8.11. The summed E-state index contributed by atoms with van der Waals surface area (Å²) >= 11 is 0. The smallest absolute Gasteiger partial charge is 0.236 e. The zero-order chi connectivity index (χ0) is 20.8. The SMILES string of the molecule is COc1ccc(CN2CCN(CC(=O)N3CCC(C)CC3)CC2)c(OC)c1OC. The third kappa shape index (κ3) is 5.34. The Kier molecular flexibility index (Phi) is 7.61. The van der Waals surface area contributed by atoms with Gasteiger partial charge < -0.3 is 19.1 Å². The number of rotatable bonds is 7. The van der Waals surface area contributed by atoms with Crippen molar-refractivity contribution in [2.45, 2.75) is 26.3 Å². The van der Waals surface area contributed by atoms with Crippen LogP contribution in [0.5, 0.6) is 17.2 Å². The summed E-state index contributed by atoms with van der Waals surface area (Å²) in [4.78, 5) is 19.3. The van der Waals surface area contributed by atoms with Crippen molar-refractivity contribution in [3.63, 3.8) is 0 Å². The van der Waals surface area contributed by atoms with Crippen LogP contribution < -0.4 is 14.2 Å². The first-order valence-electron chi connectivity index (χ1n) is 10.6. The zero-order valence-electron chi connectivity index (χ0n) is 18.3. The van der Waals surface area contributed by atoms with Gasteiger partial charge in [-0.3, -0.25) is 14.6 Å². The van der Waals surface area contributed by atoms with E-state index in [1.807, 2.05) is 17.0 Å². The topological polar surface area (TPSA) is 54.5 Å². The number of likely N-dealkylation sites (tertiary alicyclic amines) is 1. The highest BCUT2D eigenvalue weighted by Gasteiger charge is 2.25. The van der Waals surface area contributed by atoms with Crippen molar-refractivity contribution in [3.05, 3.63) is 17.7 Å². The molecule has 2 aliphatic rings. The molecule has 0 saturated carbocycles. The number of carbonyl (C=O) groups is 1. The third-order valence-electron chi connectivity index (χ3n) is 6.14. The van der Waals surface area contributed by atoms with Crippen molar-refractivity contribution in [2.24, 2.45) is 5.92 Å². The molecule has 0 unspecified atom stereocenters. The Hall–Kier alpha value is -1.99. The number of piperidine rings is 1. The van der Waals surface area contributed by atoms with E-state index in [2.05, 4.69) is 16.7 Å². The van der Waals surface area contributed by atoms with Crippen LogP contribution in [0.3, 0.4) is 0 Å². The third-order valence-corrected chi connectivity index (χ3v) is 6.14. The molecule has 0 bridgehead atoms. The molecule has 2 aliphatic heterocycles. The minimum absolute atomic E-state index is 0.284. The standard InChI is InChI=1S/C22H35N3O4/c1-17-7-9-25(10-8-17)20(26)16-24-13-11-23(12-14-24)15-18-5-6-19(27-2)22(29-4)21(18)28-3/h5-6,17H,7-16H2,1-4H3. The van der Waals surface area contributed by atoms with Crippen molar-refractivity contribution in [1.29, 1.82) is 0 Å². The van der Waals surface area contributed by atoms with E-state index in [4.69, 9.17) is 14.2 Å². The summed E-state index contributed by atoms with van der Waals surface area (Å²) in [7, 11) is 4.91. The van der Waals surface area contributed by atoms with E-state index >= 15 is 0 Å². The number of hydrogen-bond donors (Lipinski definition) is 0. The lowest BCUT2D eigenvalue weighted by Crippen LogP contribution is -2.50. The molecule has 3 rings (SSSR count). The van der Waals surface area contributed by atoms with Gasteiger partial charge in [0, 0.05) is 51.4 Å². The van der Waals surface area contributed by atoms with Gasteiger partial charge in [0.25, 0.3) is 0 Å². The van der Waals surface area contributed by atoms with E-state index < -0.39 is 0 Å². The molecule has 0 N–H and O–H groups in total. The Bertz CT molecular complexity index is 681. The van der Waals surface area contributed by atoms with Gasteiger partial charge in [-0.2, -0.15) is 0 Å². The number of ether oxygens (including phenoxy) is 3. The Labute approximate surface area is 174 Å². The number of piperazine rings is 1. The lowest BCUT2D eigenvalue weighted by atomic mass is 9.99. The van der Waals surface area contributed by atoms with Crippen LogP contribution in [0.4, 0.5) is 0 Å². The molecule has 7 nitrogen and oxygen atoms in total. The van der Waals surface area contributed by atoms with Crippen LogP contribution in [-0.2, 0) is 11.3 Å². The molecule has 1 aromatic carbocycles. The number of nitrogens with zero attached hydrogens (tertiary/aromatic N) is 3. The zero-order valence-corrected chi connectivity index (χ0v) is 18.3. The molecule has 2 heterocycles. The van der Waals surface area contributed by atoms with E-state index in [0.29, 0.717) is 18.0 Å².